The fraction of sp³-hybridized carbons (Fsp3) is 0.353. The third-order valence-corrected chi connectivity index (χ3v) is 4.66. The van der Waals surface area contributed by atoms with Gasteiger partial charge in [0, 0.05) is 18.5 Å². The van der Waals surface area contributed by atoms with Gasteiger partial charge in [-0.2, -0.15) is 4.52 Å². The number of hydrogen-bond donors (Lipinski definition) is 0. The molecule has 25 heavy (non-hydrogen) atoms. The Labute approximate surface area is 143 Å². The van der Waals surface area contributed by atoms with E-state index in [-0.39, 0.29) is 5.82 Å². The van der Waals surface area contributed by atoms with Crippen LogP contribution in [0.15, 0.2) is 36.4 Å². The number of benzene rings is 1. The highest BCUT2D eigenvalue weighted by Crippen LogP contribution is 2.32. The summed E-state index contributed by atoms with van der Waals surface area (Å²) < 4.78 is 26.7. The molecule has 7 nitrogen and oxygen atoms in total. The summed E-state index contributed by atoms with van der Waals surface area (Å²) in [6, 6.07) is 10.0. The minimum absolute atomic E-state index is 0.317. The summed E-state index contributed by atoms with van der Waals surface area (Å²) in [5.41, 5.74) is 1.25. The van der Waals surface area contributed by atoms with Crippen LogP contribution in [0.5, 0.6) is 0 Å². The SMILES string of the molecule is Fc1cccc(-c2nnc3ccc(N4CCC5(C4)OCCO5)nn23)c1. The Hall–Kier alpha value is -2.58. The largest absolute Gasteiger partial charge is 0.350 e. The van der Waals surface area contributed by atoms with Gasteiger partial charge >= 0.3 is 0 Å². The summed E-state index contributed by atoms with van der Waals surface area (Å²) in [5, 5.41) is 12.9. The van der Waals surface area contributed by atoms with Crippen LogP contribution in [0.1, 0.15) is 6.42 Å². The van der Waals surface area contributed by atoms with E-state index in [1.165, 1.54) is 12.1 Å². The predicted molar refractivity (Wildman–Crippen MR) is 87.6 cm³/mol. The van der Waals surface area contributed by atoms with Gasteiger partial charge < -0.3 is 14.4 Å². The van der Waals surface area contributed by atoms with Gasteiger partial charge in [0.1, 0.15) is 11.6 Å². The zero-order valence-corrected chi connectivity index (χ0v) is 13.4. The average Bonchev–Trinajstić information content (AvgIpc) is 3.35. The molecule has 2 fully saturated rings. The van der Waals surface area contributed by atoms with E-state index in [1.807, 2.05) is 12.1 Å². The fourth-order valence-corrected chi connectivity index (χ4v) is 3.44. The number of anilines is 1. The molecule has 0 bridgehead atoms. The summed E-state index contributed by atoms with van der Waals surface area (Å²) >= 11 is 0. The minimum Gasteiger partial charge on any atom is -0.350 e. The summed E-state index contributed by atoms with van der Waals surface area (Å²) in [5.74, 6) is 0.483. The van der Waals surface area contributed by atoms with Crippen molar-refractivity contribution in [3.05, 3.63) is 42.2 Å². The molecule has 1 spiro atoms. The molecule has 0 radical (unpaired) electrons. The third-order valence-electron chi connectivity index (χ3n) is 4.66. The zero-order valence-electron chi connectivity index (χ0n) is 13.4. The highest BCUT2D eigenvalue weighted by molar-refractivity contribution is 5.59. The van der Waals surface area contributed by atoms with Crippen LogP contribution in [-0.2, 0) is 9.47 Å². The van der Waals surface area contributed by atoms with Gasteiger partial charge in [-0.05, 0) is 24.3 Å². The van der Waals surface area contributed by atoms with Crippen molar-refractivity contribution in [1.82, 2.24) is 19.8 Å². The second kappa shape index (κ2) is 5.47. The van der Waals surface area contributed by atoms with Gasteiger partial charge in [0.2, 0.25) is 0 Å². The van der Waals surface area contributed by atoms with Crippen LogP contribution >= 0.6 is 0 Å². The number of rotatable bonds is 2. The summed E-state index contributed by atoms with van der Waals surface area (Å²) in [4.78, 5) is 2.13. The molecule has 2 aromatic heterocycles. The van der Waals surface area contributed by atoms with E-state index in [2.05, 4.69) is 20.2 Å². The van der Waals surface area contributed by atoms with Gasteiger partial charge in [-0.3, -0.25) is 0 Å². The van der Waals surface area contributed by atoms with Crippen molar-refractivity contribution in [3.63, 3.8) is 0 Å². The molecule has 8 heteroatoms. The maximum atomic E-state index is 13.5. The number of ether oxygens (including phenoxy) is 2. The highest BCUT2D eigenvalue weighted by atomic mass is 19.1. The van der Waals surface area contributed by atoms with Crippen LogP contribution in [0.3, 0.4) is 0 Å². The number of aromatic nitrogens is 4. The van der Waals surface area contributed by atoms with E-state index in [4.69, 9.17) is 9.47 Å². The van der Waals surface area contributed by atoms with Crippen molar-refractivity contribution in [2.45, 2.75) is 12.2 Å². The Balaban J connectivity index is 1.52. The number of halogens is 1. The molecule has 0 saturated carbocycles. The number of nitrogens with zero attached hydrogens (tertiary/aromatic N) is 5. The molecule has 0 amide bonds. The normalized spacial score (nSPS) is 19.3. The first-order valence-electron chi connectivity index (χ1n) is 8.24. The maximum absolute atomic E-state index is 13.5. The Morgan fingerprint density at radius 1 is 1.08 bits per heavy atom. The highest BCUT2D eigenvalue weighted by Gasteiger charge is 2.43. The Kier molecular flexibility index (Phi) is 3.22. The van der Waals surface area contributed by atoms with Crippen LogP contribution in [-0.4, -0.2) is 51.9 Å². The van der Waals surface area contributed by atoms with E-state index in [9.17, 15) is 4.39 Å². The van der Waals surface area contributed by atoms with Crippen molar-refractivity contribution in [3.8, 4) is 11.4 Å². The van der Waals surface area contributed by atoms with Crippen LogP contribution in [0.2, 0.25) is 0 Å². The Bertz CT molecular complexity index is 938. The van der Waals surface area contributed by atoms with Gasteiger partial charge in [-0.25, -0.2) is 4.39 Å². The van der Waals surface area contributed by atoms with Crippen molar-refractivity contribution < 1.29 is 13.9 Å². The van der Waals surface area contributed by atoms with Crippen LogP contribution in [0, 0.1) is 5.82 Å². The summed E-state index contributed by atoms with van der Waals surface area (Å²) in [6.45, 7) is 2.71. The summed E-state index contributed by atoms with van der Waals surface area (Å²) in [7, 11) is 0. The Morgan fingerprint density at radius 2 is 1.96 bits per heavy atom. The van der Waals surface area contributed by atoms with E-state index in [0.717, 1.165) is 18.8 Å². The molecule has 4 heterocycles. The van der Waals surface area contributed by atoms with E-state index in [1.54, 1.807) is 16.6 Å². The van der Waals surface area contributed by atoms with Crippen LogP contribution < -0.4 is 4.90 Å². The van der Waals surface area contributed by atoms with Gasteiger partial charge in [0.25, 0.3) is 0 Å². The fourth-order valence-electron chi connectivity index (χ4n) is 3.44. The lowest BCUT2D eigenvalue weighted by molar-refractivity contribution is -0.137. The lowest BCUT2D eigenvalue weighted by Crippen LogP contribution is -2.34. The standard InChI is InChI=1S/C17H16FN5O2/c18-13-3-1-2-12(10-13)16-20-19-14-4-5-15(21-23(14)16)22-7-6-17(11-22)24-8-9-25-17/h1-5,10H,6-9,11H2. The van der Waals surface area contributed by atoms with Gasteiger partial charge in [0.15, 0.2) is 17.3 Å². The van der Waals surface area contributed by atoms with Crippen molar-refractivity contribution in [1.29, 1.82) is 0 Å². The minimum atomic E-state index is -0.505. The van der Waals surface area contributed by atoms with E-state index < -0.39 is 5.79 Å². The molecule has 5 rings (SSSR count). The molecular weight excluding hydrogens is 325 g/mol. The molecule has 0 unspecified atom stereocenters. The lowest BCUT2D eigenvalue weighted by Gasteiger charge is -2.22. The number of hydrogen-bond acceptors (Lipinski definition) is 6. The van der Waals surface area contributed by atoms with Gasteiger partial charge in [0.05, 0.1) is 19.8 Å². The van der Waals surface area contributed by atoms with Gasteiger partial charge in [-0.15, -0.1) is 15.3 Å². The smallest absolute Gasteiger partial charge is 0.187 e. The van der Waals surface area contributed by atoms with Gasteiger partial charge in [-0.1, -0.05) is 12.1 Å². The second-order valence-corrected chi connectivity index (χ2v) is 6.27. The first-order valence-corrected chi connectivity index (χ1v) is 8.24. The molecule has 0 atom stereocenters. The van der Waals surface area contributed by atoms with Crippen molar-refractivity contribution in [2.24, 2.45) is 0 Å². The third kappa shape index (κ3) is 2.45. The van der Waals surface area contributed by atoms with E-state index in [0.29, 0.717) is 36.8 Å². The number of fused-ring (bicyclic) bond motifs is 1. The predicted octanol–water partition coefficient (Wildman–Crippen LogP) is 1.88. The molecule has 1 aromatic carbocycles. The molecule has 2 saturated heterocycles. The average molecular weight is 341 g/mol. The molecule has 0 aliphatic carbocycles. The molecule has 128 valence electrons. The zero-order chi connectivity index (χ0) is 16.9. The topological polar surface area (TPSA) is 64.8 Å². The monoisotopic (exact) mass is 341 g/mol. The van der Waals surface area contributed by atoms with E-state index >= 15 is 0 Å². The summed E-state index contributed by atoms with van der Waals surface area (Å²) in [6.07, 6.45) is 0.811. The molecular formula is C17H16FN5O2. The lowest BCUT2D eigenvalue weighted by atomic mass is 10.2. The molecule has 2 aliphatic rings. The Morgan fingerprint density at radius 3 is 2.80 bits per heavy atom. The second-order valence-electron chi connectivity index (χ2n) is 6.27. The van der Waals surface area contributed by atoms with Crippen LogP contribution in [0.25, 0.3) is 17.0 Å². The first-order chi connectivity index (χ1) is 12.2. The molecule has 0 N–H and O–H groups in total. The maximum Gasteiger partial charge on any atom is 0.187 e. The molecule has 2 aliphatic heterocycles. The molecule has 3 aromatic rings. The first kappa shape index (κ1) is 14.7. The van der Waals surface area contributed by atoms with Crippen molar-refractivity contribution >= 4 is 11.5 Å². The van der Waals surface area contributed by atoms with Crippen LogP contribution in [0.4, 0.5) is 10.2 Å². The van der Waals surface area contributed by atoms with Crippen molar-refractivity contribution in [2.75, 3.05) is 31.2 Å². The quantitative estimate of drug-likeness (QED) is 0.709.